The lowest BCUT2D eigenvalue weighted by Crippen LogP contribution is -2.17. The summed E-state index contributed by atoms with van der Waals surface area (Å²) in [6.45, 7) is 2.28. The fourth-order valence-electron chi connectivity index (χ4n) is 1.12. The quantitative estimate of drug-likeness (QED) is 0.761. The van der Waals surface area contributed by atoms with Crippen molar-refractivity contribution in [1.82, 2.24) is 0 Å². The first-order valence-corrected chi connectivity index (χ1v) is 5.75. The van der Waals surface area contributed by atoms with Crippen molar-refractivity contribution in [2.75, 3.05) is 12.9 Å². The second-order valence-corrected chi connectivity index (χ2v) is 3.64. The average molecular weight is 252 g/mol. The van der Waals surface area contributed by atoms with E-state index in [9.17, 15) is 13.2 Å². The third kappa shape index (κ3) is 3.84. The fraction of sp³-hybridized carbons (Fsp3) is 0.400. The van der Waals surface area contributed by atoms with E-state index in [0.29, 0.717) is 17.3 Å². The Balaban J connectivity index is 2.90. The van der Waals surface area contributed by atoms with Gasteiger partial charge in [0.1, 0.15) is 11.5 Å². The van der Waals surface area contributed by atoms with Crippen LogP contribution >= 0.6 is 11.8 Å². The molecule has 0 saturated carbocycles. The summed E-state index contributed by atoms with van der Waals surface area (Å²) in [4.78, 5) is 0.614. The Morgan fingerprint density at radius 1 is 1.31 bits per heavy atom. The smallest absolute Gasteiger partial charge is 0.493 e. The van der Waals surface area contributed by atoms with Crippen molar-refractivity contribution in [3.05, 3.63) is 18.2 Å². The molecular weight excluding hydrogens is 241 g/mol. The number of thioether (sulfide) groups is 1. The van der Waals surface area contributed by atoms with Crippen molar-refractivity contribution in [2.24, 2.45) is 0 Å². The minimum Gasteiger partial charge on any atom is -0.493 e. The zero-order chi connectivity index (χ0) is 12.2. The zero-order valence-corrected chi connectivity index (χ0v) is 9.61. The topological polar surface area (TPSA) is 18.5 Å². The van der Waals surface area contributed by atoms with Gasteiger partial charge < -0.3 is 9.47 Å². The van der Waals surface area contributed by atoms with Crippen LogP contribution in [0.1, 0.15) is 6.92 Å². The summed E-state index contributed by atoms with van der Waals surface area (Å²) < 4.78 is 45.0. The number of hydrogen-bond donors (Lipinski definition) is 0. The number of rotatable bonds is 4. The molecule has 0 bridgehead atoms. The highest BCUT2D eigenvalue weighted by Crippen LogP contribution is 2.33. The summed E-state index contributed by atoms with van der Waals surface area (Å²) in [5.74, 6) is 0.324. The fourth-order valence-corrected chi connectivity index (χ4v) is 1.68. The van der Waals surface area contributed by atoms with Gasteiger partial charge in [-0.1, -0.05) is 0 Å². The summed E-state index contributed by atoms with van der Waals surface area (Å²) in [5, 5.41) is 0. The third-order valence-corrected chi connectivity index (χ3v) is 2.43. The molecule has 0 aliphatic rings. The second kappa shape index (κ2) is 5.34. The maximum absolute atomic E-state index is 12.0. The summed E-state index contributed by atoms with van der Waals surface area (Å²) in [7, 11) is 0. The van der Waals surface area contributed by atoms with Crippen molar-refractivity contribution in [3.8, 4) is 11.5 Å². The lowest BCUT2D eigenvalue weighted by atomic mass is 10.3. The molecule has 16 heavy (non-hydrogen) atoms. The molecular formula is C10H11F3O2S. The first-order valence-electron chi connectivity index (χ1n) is 4.53. The van der Waals surface area contributed by atoms with Crippen LogP contribution in [0.3, 0.4) is 0 Å². The zero-order valence-electron chi connectivity index (χ0n) is 8.80. The van der Waals surface area contributed by atoms with E-state index >= 15 is 0 Å². The van der Waals surface area contributed by atoms with Crippen LogP contribution in [0.5, 0.6) is 11.5 Å². The van der Waals surface area contributed by atoms with Gasteiger partial charge in [-0.2, -0.15) is 0 Å². The van der Waals surface area contributed by atoms with Crippen molar-refractivity contribution in [2.45, 2.75) is 18.2 Å². The van der Waals surface area contributed by atoms with Crippen molar-refractivity contribution in [3.63, 3.8) is 0 Å². The predicted octanol–water partition coefficient (Wildman–Crippen LogP) is 3.71. The normalized spacial score (nSPS) is 11.3. The average Bonchev–Trinajstić information content (AvgIpc) is 2.18. The molecule has 1 rings (SSSR count). The predicted molar refractivity (Wildman–Crippen MR) is 56.1 cm³/mol. The van der Waals surface area contributed by atoms with Crippen LogP contribution in [0, 0.1) is 0 Å². The summed E-state index contributed by atoms with van der Waals surface area (Å²) in [6, 6.07) is 4.01. The molecule has 0 unspecified atom stereocenters. The highest BCUT2D eigenvalue weighted by Gasteiger charge is 2.31. The highest BCUT2D eigenvalue weighted by atomic mass is 32.2. The van der Waals surface area contributed by atoms with Crippen LogP contribution < -0.4 is 9.47 Å². The van der Waals surface area contributed by atoms with Crippen LogP contribution in [0.15, 0.2) is 23.1 Å². The maximum Gasteiger partial charge on any atom is 0.573 e. The lowest BCUT2D eigenvalue weighted by molar-refractivity contribution is -0.274. The highest BCUT2D eigenvalue weighted by molar-refractivity contribution is 7.98. The van der Waals surface area contributed by atoms with E-state index in [1.54, 1.807) is 6.26 Å². The first kappa shape index (κ1) is 13.0. The standard InChI is InChI=1S/C10H11F3O2S/c1-3-14-8-5-4-7(6-9(8)16-2)15-10(11,12)13/h4-6H,3H2,1-2H3. The van der Waals surface area contributed by atoms with Gasteiger partial charge >= 0.3 is 6.36 Å². The lowest BCUT2D eigenvalue weighted by Gasteiger charge is -2.12. The molecule has 0 atom stereocenters. The molecule has 0 aliphatic carbocycles. The molecule has 2 nitrogen and oxygen atoms in total. The van der Waals surface area contributed by atoms with Crippen LogP contribution in [0.4, 0.5) is 13.2 Å². The number of hydrogen-bond acceptors (Lipinski definition) is 3. The van der Waals surface area contributed by atoms with Gasteiger partial charge in [-0.15, -0.1) is 24.9 Å². The van der Waals surface area contributed by atoms with E-state index in [1.807, 2.05) is 6.92 Å². The second-order valence-electron chi connectivity index (χ2n) is 2.79. The number of ether oxygens (including phenoxy) is 2. The van der Waals surface area contributed by atoms with Crippen LogP contribution in [0.25, 0.3) is 0 Å². The van der Waals surface area contributed by atoms with Gasteiger partial charge in [-0.3, -0.25) is 0 Å². The molecule has 1 aromatic rings. The molecule has 0 amide bonds. The van der Waals surface area contributed by atoms with Gasteiger partial charge in [0, 0.05) is 0 Å². The van der Waals surface area contributed by atoms with E-state index in [0.717, 1.165) is 0 Å². The minimum atomic E-state index is -4.66. The molecule has 0 aliphatic heterocycles. The largest absolute Gasteiger partial charge is 0.573 e. The number of halogens is 3. The Kier molecular flexibility index (Phi) is 4.35. The Labute approximate surface area is 95.7 Å². The van der Waals surface area contributed by atoms with E-state index < -0.39 is 6.36 Å². The number of benzene rings is 1. The first-order chi connectivity index (χ1) is 7.46. The molecule has 0 saturated heterocycles. The molecule has 1 aromatic carbocycles. The van der Waals surface area contributed by atoms with E-state index in [-0.39, 0.29) is 5.75 Å². The van der Waals surface area contributed by atoms with Gasteiger partial charge in [0.2, 0.25) is 0 Å². The molecule has 0 radical (unpaired) electrons. The molecule has 0 fully saturated rings. The Morgan fingerprint density at radius 2 is 2.00 bits per heavy atom. The third-order valence-electron chi connectivity index (χ3n) is 1.67. The van der Waals surface area contributed by atoms with E-state index in [2.05, 4.69) is 4.74 Å². The number of alkyl halides is 3. The van der Waals surface area contributed by atoms with Gasteiger partial charge in [0.05, 0.1) is 11.5 Å². The van der Waals surface area contributed by atoms with Gasteiger partial charge in [0.15, 0.2) is 0 Å². The molecule has 0 spiro atoms. The Hall–Kier alpha value is -1.04. The maximum atomic E-state index is 12.0. The molecule has 90 valence electrons. The van der Waals surface area contributed by atoms with Crippen LogP contribution in [-0.4, -0.2) is 19.2 Å². The summed E-state index contributed by atoms with van der Waals surface area (Å²) in [6.07, 6.45) is -2.90. The monoisotopic (exact) mass is 252 g/mol. The Bertz CT molecular complexity index is 352. The summed E-state index contributed by atoms with van der Waals surface area (Å²) >= 11 is 1.30. The van der Waals surface area contributed by atoms with Gasteiger partial charge in [-0.05, 0) is 31.4 Å². The van der Waals surface area contributed by atoms with Crippen molar-refractivity contribution >= 4 is 11.8 Å². The minimum absolute atomic E-state index is 0.236. The summed E-state index contributed by atoms with van der Waals surface area (Å²) in [5.41, 5.74) is 0. The van der Waals surface area contributed by atoms with E-state index in [4.69, 9.17) is 4.74 Å². The SMILES string of the molecule is CCOc1ccc(OC(F)(F)F)cc1SC. The Morgan fingerprint density at radius 3 is 2.50 bits per heavy atom. The van der Waals surface area contributed by atoms with Crippen molar-refractivity contribution in [1.29, 1.82) is 0 Å². The van der Waals surface area contributed by atoms with Crippen LogP contribution in [-0.2, 0) is 0 Å². The molecule has 0 heterocycles. The van der Waals surface area contributed by atoms with E-state index in [1.165, 1.54) is 30.0 Å². The van der Waals surface area contributed by atoms with Crippen molar-refractivity contribution < 1.29 is 22.6 Å². The molecule has 0 N–H and O–H groups in total. The molecule has 0 aromatic heterocycles. The van der Waals surface area contributed by atoms with Crippen LogP contribution in [0.2, 0.25) is 0 Å². The van der Waals surface area contributed by atoms with Gasteiger partial charge in [-0.25, -0.2) is 0 Å². The molecule has 6 heteroatoms. The van der Waals surface area contributed by atoms with Gasteiger partial charge in [0.25, 0.3) is 0 Å².